The highest BCUT2D eigenvalue weighted by molar-refractivity contribution is 6.00. The molecule has 0 radical (unpaired) electrons. The zero-order valence-corrected chi connectivity index (χ0v) is 18.8. The minimum atomic E-state index is -0.660. The topological polar surface area (TPSA) is 52.7 Å². The first-order chi connectivity index (χ1) is 13.5. The molecule has 2 fully saturated rings. The van der Waals surface area contributed by atoms with E-state index in [9.17, 15) is 9.59 Å². The van der Waals surface area contributed by atoms with Crippen LogP contribution >= 0.6 is 12.4 Å². The van der Waals surface area contributed by atoms with Crippen LogP contribution < -0.4 is 5.32 Å². The van der Waals surface area contributed by atoms with E-state index in [2.05, 4.69) is 55.3 Å². The summed E-state index contributed by atoms with van der Waals surface area (Å²) < 4.78 is 0. The maximum absolute atomic E-state index is 13.3. The second-order valence-corrected chi connectivity index (χ2v) is 8.79. The van der Waals surface area contributed by atoms with Gasteiger partial charge in [-0.15, -0.1) is 12.4 Å². The lowest BCUT2D eigenvalue weighted by Gasteiger charge is -2.52. The van der Waals surface area contributed by atoms with Crippen molar-refractivity contribution in [2.45, 2.75) is 71.0 Å². The molecule has 0 saturated carbocycles. The van der Waals surface area contributed by atoms with Crippen LogP contribution in [0, 0.1) is 5.92 Å². The molecule has 0 bridgehead atoms. The van der Waals surface area contributed by atoms with Crippen LogP contribution in [-0.4, -0.2) is 52.8 Å². The largest absolute Gasteiger partial charge is 0.342 e. The smallest absolute Gasteiger partial charge is 0.246 e. The summed E-state index contributed by atoms with van der Waals surface area (Å²) in [6, 6.07) is 10.1. The first-order valence-electron chi connectivity index (χ1n) is 10.8. The van der Waals surface area contributed by atoms with Crippen LogP contribution in [0.4, 0.5) is 0 Å². The first kappa shape index (κ1) is 23.7. The molecule has 2 aliphatic heterocycles. The van der Waals surface area contributed by atoms with Gasteiger partial charge in [0.25, 0.3) is 0 Å². The van der Waals surface area contributed by atoms with E-state index < -0.39 is 5.54 Å². The minimum absolute atomic E-state index is 0. The normalized spacial score (nSPS) is 21.9. The molecule has 29 heavy (non-hydrogen) atoms. The van der Waals surface area contributed by atoms with E-state index in [0.717, 1.165) is 45.3 Å². The zero-order valence-electron chi connectivity index (χ0n) is 18.0. The Balaban J connectivity index is 0.00000300. The maximum atomic E-state index is 13.3. The van der Waals surface area contributed by atoms with E-state index >= 15 is 0 Å². The van der Waals surface area contributed by atoms with Crippen LogP contribution in [0.2, 0.25) is 0 Å². The fraction of sp³-hybridized carbons (Fsp3) is 0.652. The Kier molecular flexibility index (Phi) is 8.53. The molecule has 1 atom stereocenters. The van der Waals surface area contributed by atoms with Gasteiger partial charge in [0.1, 0.15) is 11.6 Å². The fourth-order valence-corrected chi connectivity index (χ4v) is 4.57. The number of carbonyl (C=O) groups is 2. The molecule has 5 nitrogen and oxygen atoms in total. The van der Waals surface area contributed by atoms with Crippen LogP contribution in [0.1, 0.15) is 58.4 Å². The van der Waals surface area contributed by atoms with Crippen molar-refractivity contribution in [1.82, 2.24) is 15.1 Å². The lowest BCUT2D eigenvalue weighted by atomic mass is 9.80. The zero-order chi connectivity index (χ0) is 20.1. The van der Waals surface area contributed by atoms with Crippen LogP contribution in [0.25, 0.3) is 0 Å². The Hall–Kier alpha value is -1.59. The van der Waals surface area contributed by atoms with Crippen LogP contribution in [0.3, 0.4) is 0 Å². The van der Waals surface area contributed by atoms with Crippen molar-refractivity contribution < 1.29 is 9.59 Å². The number of amides is 2. The van der Waals surface area contributed by atoms with Gasteiger partial charge < -0.3 is 10.2 Å². The molecule has 0 aliphatic carbocycles. The molecule has 162 valence electrons. The third kappa shape index (κ3) is 5.32. The quantitative estimate of drug-likeness (QED) is 0.731. The van der Waals surface area contributed by atoms with Gasteiger partial charge in [-0.1, -0.05) is 57.5 Å². The predicted octanol–water partition coefficient (Wildman–Crippen LogP) is 3.62. The fourth-order valence-electron chi connectivity index (χ4n) is 4.57. The number of piperidine rings is 1. The molecule has 1 unspecified atom stereocenters. The second kappa shape index (κ2) is 10.4. The molecule has 2 aliphatic rings. The molecule has 1 aromatic carbocycles. The first-order valence-corrected chi connectivity index (χ1v) is 10.8. The number of rotatable bonds is 7. The lowest BCUT2D eigenvalue weighted by Crippen LogP contribution is -2.73. The highest BCUT2D eigenvalue weighted by atomic mass is 35.5. The van der Waals surface area contributed by atoms with E-state index in [1.807, 2.05) is 11.0 Å². The third-order valence-corrected chi connectivity index (χ3v) is 6.18. The van der Waals surface area contributed by atoms with Crippen molar-refractivity contribution in [3.8, 4) is 0 Å². The molecule has 2 heterocycles. The van der Waals surface area contributed by atoms with E-state index in [0.29, 0.717) is 18.9 Å². The minimum Gasteiger partial charge on any atom is -0.342 e. The van der Waals surface area contributed by atoms with Gasteiger partial charge >= 0.3 is 0 Å². The van der Waals surface area contributed by atoms with Gasteiger partial charge in [0.15, 0.2) is 0 Å². The van der Waals surface area contributed by atoms with Gasteiger partial charge in [-0.25, -0.2) is 0 Å². The number of piperazine rings is 1. The number of hydrogen-bond donors (Lipinski definition) is 1. The van der Waals surface area contributed by atoms with Gasteiger partial charge in [-0.2, -0.15) is 0 Å². The van der Waals surface area contributed by atoms with Crippen molar-refractivity contribution in [1.29, 1.82) is 0 Å². The summed E-state index contributed by atoms with van der Waals surface area (Å²) >= 11 is 0. The van der Waals surface area contributed by atoms with Crippen molar-refractivity contribution in [3.05, 3.63) is 35.9 Å². The van der Waals surface area contributed by atoms with E-state index in [4.69, 9.17) is 0 Å². The Morgan fingerprint density at radius 3 is 2.38 bits per heavy atom. The van der Waals surface area contributed by atoms with Crippen LogP contribution in [-0.2, 0) is 16.1 Å². The number of benzene rings is 1. The SMILES string of the molecule is CCCCN1C(=O)C(CC(C)C)NC(=O)C12CCN(Cc1ccccc1)CC2.Cl. The molecule has 2 saturated heterocycles. The number of hydrogen-bond acceptors (Lipinski definition) is 3. The number of carbonyl (C=O) groups excluding carboxylic acids is 2. The number of likely N-dealkylation sites (tertiary alicyclic amines) is 1. The van der Waals surface area contributed by atoms with E-state index in [1.165, 1.54) is 5.56 Å². The van der Waals surface area contributed by atoms with E-state index in [-0.39, 0.29) is 30.3 Å². The average molecular weight is 422 g/mol. The summed E-state index contributed by atoms with van der Waals surface area (Å²) in [5.41, 5.74) is 0.634. The summed E-state index contributed by atoms with van der Waals surface area (Å²) in [4.78, 5) is 30.8. The molecular weight excluding hydrogens is 386 g/mol. The molecule has 1 N–H and O–H groups in total. The Bertz CT molecular complexity index is 672. The van der Waals surface area contributed by atoms with Gasteiger partial charge in [0.2, 0.25) is 11.8 Å². The number of nitrogens with zero attached hydrogens (tertiary/aromatic N) is 2. The van der Waals surface area contributed by atoms with Crippen LogP contribution in [0.5, 0.6) is 0 Å². The summed E-state index contributed by atoms with van der Waals surface area (Å²) in [6.07, 6.45) is 4.12. The standard InChI is InChI=1S/C23H35N3O2.ClH/c1-4-5-13-26-21(27)20(16-18(2)3)24-22(28)23(26)11-14-25(15-12-23)17-19-9-7-6-8-10-19;/h6-10,18,20H,4-5,11-17H2,1-3H3,(H,24,28);1H. The average Bonchev–Trinajstić information content (AvgIpc) is 2.68. The molecule has 3 rings (SSSR count). The summed E-state index contributed by atoms with van der Waals surface area (Å²) in [5, 5.41) is 3.08. The number of halogens is 1. The molecule has 6 heteroatoms. The number of unbranched alkanes of at least 4 members (excludes halogenated alkanes) is 1. The molecular formula is C23H36ClN3O2. The molecule has 1 spiro atoms. The third-order valence-electron chi connectivity index (χ3n) is 6.18. The Morgan fingerprint density at radius 2 is 1.79 bits per heavy atom. The molecule has 0 aromatic heterocycles. The van der Waals surface area contributed by atoms with Crippen molar-refractivity contribution in [2.75, 3.05) is 19.6 Å². The van der Waals surface area contributed by atoms with Crippen molar-refractivity contribution in [3.63, 3.8) is 0 Å². The Labute approximate surface area is 181 Å². The van der Waals surface area contributed by atoms with Crippen LogP contribution in [0.15, 0.2) is 30.3 Å². The lowest BCUT2D eigenvalue weighted by molar-refractivity contribution is -0.161. The predicted molar refractivity (Wildman–Crippen MR) is 119 cm³/mol. The summed E-state index contributed by atoms with van der Waals surface area (Å²) in [7, 11) is 0. The highest BCUT2D eigenvalue weighted by Gasteiger charge is 2.53. The van der Waals surface area contributed by atoms with Gasteiger partial charge in [-0.05, 0) is 37.2 Å². The summed E-state index contributed by atoms with van der Waals surface area (Å²) in [6.45, 7) is 9.60. The monoisotopic (exact) mass is 421 g/mol. The Morgan fingerprint density at radius 1 is 1.14 bits per heavy atom. The van der Waals surface area contributed by atoms with Gasteiger partial charge in [-0.3, -0.25) is 14.5 Å². The van der Waals surface area contributed by atoms with Crippen molar-refractivity contribution >= 4 is 24.2 Å². The molecule has 1 aromatic rings. The maximum Gasteiger partial charge on any atom is 0.246 e. The highest BCUT2D eigenvalue weighted by Crippen LogP contribution is 2.34. The second-order valence-electron chi connectivity index (χ2n) is 8.79. The van der Waals surface area contributed by atoms with Crippen molar-refractivity contribution in [2.24, 2.45) is 5.92 Å². The van der Waals surface area contributed by atoms with E-state index in [1.54, 1.807) is 0 Å². The summed E-state index contributed by atoms with van der Waals surface area (Å²) in [5.74, 6) is 0.565. The number of nitrogens with one attached hydrogen (secondary N) is 1. The van der Waals surface area contributed by atoms with Gasteiger partial charge in [0, 0.05) is 26.2 Å². The van der Waals surface area contributed by atoms with Gasteiger partial charge in [0.05, 0.1) is 0 Å². The molecule has 2 amide bonds.